The highest BCUT2D eigenvalue weighted by molar-refractivity contribution is 5.73. The third-order valence-corrected chi connectivity index (χ3v) is 2.54. The summed E-state index contributed by atoms with van der Waals surface area (Å²) < 4.78 is 14.9. The Bertz CT molecular complexity index is 711. The Balaban J connectivity index is 2.06. The second-order valence-corrected chi connectivity index (χ2v) is 3.69. The monoisotopic (exact) mass is 244 g/mol. The van der Waals surface area contributed by atoms with Crippen LogP contribution in [0, 0.1) is 5.82 Å². The minimum absolute atomic E-state index is 0.0915. The van der Waals surface area contributed by atoms with Crippen molar-refractivity contribution >= 4 is 11.2 Å². The van der Waals surface area contributed by atoms with Crippen LogP contribution in [0.15, 0.2) is 30.6 Å². The zero-order chi connectivity index (χ0) is 12.5. The molecule has 0 amide bonds. The van der Waals surface area contributed by atoms with Crippen molar-refractivity contribution < 1.29 is 9.50 Å². The first kappa shape index (κ1) is 10.6. The normalized spacial score (nSPS) is 10.9. The summed E-state index contributed by atoms with van der Waals surface area (Å²) in [6.07, 6.45) is 1.14. The largest absolute Gasteiger partial charge is 0.857 e. The number of halogens is 1. The highest BCUT2D eigenvalue weighted by Crippen LogP contribution is 2.15. The van der Waals surface area contributed by atoms with Crippen molar-refractivity contribution in [3.05, 3.63) is 42.0 Å². The predicted molar refractivity (Wildman–Crippen MR) is 58.1 cm³/mol. The lowest BCUT2D eigenvalue weighted by molar-refractivity contribution is -0.272. The van der Waals surface area contributed by atoms with E-state index in [1.165, 1.54) is 10.7 Å². The number of fused-ring (bicyclic) bond motifs is 1. The fourth-order valence-corrected chi connectivity index (χ4v) is 1.67. The van der Waals surface area contributed by atoms with Crippen LogP contribution in [0.2, 0.25) is 0 Å². The van der Waals surface area contributed by atoms with Gasteiger partial charge in [-0.25, -0.2) is 14.1 Å². The maximum absolute atomic E-state index is 13.5. The Hall–Kier alpha value is -2.57. The van der Waals surface area contributed by atoms with E-state index in [0.717, 1.165) is 6.33 Å². The average Bonchev–Trinajstić information content (AvgIpc) is 2.77. The number of hydrogen-bond acceptors (Lipinski definition) is 5. The van der Waals surface area contributed by atoms with Gasteiger partial charge in [0.1, 0.15) is 17.7 Å². The maximum atomic E-state index is 13.5. The Morgan fingerprint density at radius 2 is 2.06 bits per heavy atom. The van der Waals surface area contributed by atoms with Crippen molar-refractivity contribution in [2.45, 2.75) is 6.54 Å². The van der Waals surface area contributed by atoms with Crippen molar-refractivity contribution in [3.63, 3.8) is 0 Å². The van der Waals surface area contributed by atoms with Gasteiger partial charge in [-0.05, 0) is 6.07 Å². The molecule has 0 atom stereocenters. The van der Waals surface area contributed by atoms with Crippen LogP contribution in [0.4, 0.5) is 4.39 Å². The zero-order valence-electron chi connectivity index (χ0n) is 9.12. The lowest BCUT2D eigenvalue weighted by Crippen LogP contribution is -2.05. The molecule has 3 rings (SSSR count). The van der Waals surface area contributed by atoms with Gasteiger partial charge in [-0.1, -0.05) is 23.4 Å². The molecule has 0 bridgehead atoms. The molecule has 18 heavy (non-hydrogen) atoms. The van der Waals surface area contributed by atoms with E-state index in [0.29, 0.717) is 11.2 Å². The zero-order valence-corrected chi connectivity index (χ0v) is 9.12. The molecule has 90 valence electrons. The molecular weight excluding hydrogens is 237 g/mol. The second kappa shape index (κ2) is 4.02. The summed E-state index contributed by atoms with van der Waals surface area (Å²) in [7, 11) is 0. The third-order valence-electron chi connectivity index (χ3n) is 2.54. The van der Waals surface area contributed by atoms with Gasteiger partial charge in [-0.3, -0.25) is 4.98 Å². The minimum atomic E-state index is -0.486. The van der Waals surface area contributed by atoms with E-state index < -0.39 is 5.88 Å². The van der Waals surface area contributed by atoms with E-state index in [-0.39, 0.29) is 17.9 Å². The molecule has 0 radical (unpaired) electrons. The molecule has 0 aliphatic heterocycles. The van der Waals surface area contributed by atoms with Gasteiger partial charge in [0.25, 0.3) is 0 Å². The Kier molecular flexibility index (Phi) is 2.36. The van der Waals surface area contributed by atoms with Gasteiger partial charge >= 0.3 is 0 Å². The van der Waals surface area contributed by atoms with Crippen LogP contribution in [0.3, 0.4) is 0 Å². The summed E-state index contributed by atoms with van der Waals surface area (Å²) in [5.74, 6) is -0.822. The molecule has 3 aromatic rings. The summed E-state index contributed by atoms with van der Waals surface area (Å²) in [6, 6.07) is 6.34. The van der Waals surface area contributed by atoms with Crippen LogP contribution in [0.5, 0.6) is 5.88 Å². The molecule has 0 saturated heterocycles. The Morgan fingerprint density at radius 1 is 1.22 bits per heavy atom. The first-order chi connectivity index (χ1) is 8.75. The molecule has 0 aliphatic carbocycles. The molecule has 2 heterocycles. The number of rotatable bonds is 2. The molecule has 0 fully saturated rings. The molecule has 0 unspecified atom stereocenters. The molecule has 0 aliphatic rings. The topological polar surface area (TPSA) is 79.6 Å². The fourth-order valence-electron chi connectivity index (χ4n) is 1.67. The molecule has 0 saturated carbocycles. The van der Waals surface area contributed by atoms with Crippen LogP contribution < -0.4 is 5.11 Å². The molecule has 0 N–H and O–H groups in total. The summed E-state index contributed by atoms with van der Waals surface area (Å²) in [5.41, 5.74) is 0.849. The summed E-state index contributed by atoms with van der Waals surface area (Å²) in [5, 5.41) is 18.9. The van der Waals surface area contributed by atoms with Crippen molar-refractivity contribution in [1.29, 1.82) is 0 Å². The van der Waals surface area contributed by atoms with E-state index in [2.05, 4.69) is 20.3 Å². The van der Waals surface area contributed by atoms with Gasteiger partial charge in [-0.2, -0.15) is 0 Å². The average molecular weight is 244 g/mol. The van der Waals surface area contributed by atoms with Gasteiger partial charge in [0.2, 0.25) is 0 Å². The lowest BCUT2D eigenvalue weighted by atomic mass is 10.2. The summed E-state index contributed by atoms with van der Waals surface area (Å²) >= 11 is 0. The van der Waals surface area contributed by atoms with E-state index in [9.17, 15) is 9.50 Å². The fraction of sp³-hybridized carbons (Fsp3) is 0.0909. The lowest BCUT2D eigenvalue weighted by Gasteiger charge is -2.04. The van der Waals surface area contributed by atoms with Crippen molar-refractivity contribution in [1.82, 2.24) is 25.0 Å². The quantitative estimate of drug-likeness (QED) is 0.655. The third kappa shape index (κ3) is 1.65. The standard InChI is InChI=1S/C11H8FN5O/c12-8-4-2-1-3-7(8)5-17-10-9(15-16-17)11(18)14-6-13-10/h1-4,6H,5H2,(H,13,14,18)/p-1. The molecule has 0 spiro atoms. The predicted octanol–water partition coefficient (Wildman–Crippen LogP) is 0.482. The number of hydrogen-bond donors (Lipinski definition) is 0. The highest BCUT2D eigenvalue weighted by atomic mass is 19.1. The van der Waals surface area contributed by atoms with Crippen LogP contribution in [-0.4, -0.2) is 25.0 Å². The molecule has 6 nitrogen and oxygen atoms in total. The van der Waals surface area contributed by atoms with Crippen molar-refractivity contribution in [2.75, 3.05) is 0 Å². The molecular formula is C11H7FN5O-. The van der Waals surface area contributed by atoms with Gasteiger partial charge < -0.3 is 5.11 Å². The molecule has 1 aromatic carbocycles. The van der Waals surface area contributed by atoms with E-state index in [1.54, 1.807) is 18.2 Å². The van der Waals surface area contributed by atoms with E-state index >= 15 is 0 Å². The van der Waals surface area contributed by atoms with E-state index in [1.807, 2.05) is 0 Å². The summed E-state index contributed by atoms with van der Waals surface area (Å²) in [6.45, 7) is 0.166. The second-order valence-electron chi connectivity index (χ2n) is 3.69. The van der Waals surface area contributed by atoms with Crippen LogP contribution in [0.25, 0.3) is 11.2 Å². The maximum Gasteiger partial charge on any atom is 0.181 e. The van der Waals surface area contributed by atoms with Crippen LogP contribution in [-0.2, 0) is 6.54 Å². The summed E-state index contributed by atoms with van der Waals surface area (Å²) in [4.78, 5) is 7.42. The molecule has 7 heteroatoms. The van der Waals surface area contributed by atoms with Gasteiger partial charge in [0.15, 0.2) is 5.65 Å². The van der Waals surface area contributed by atoms with Gasteiger partial charge in [0, 0.05) is 11.4 Å². The highest BCUT2D eigenvalue weighted by Gasteiger charge is 2.09. The number of nitrogens with zero attached hydrogens (tertiary/aromatic N) is 5. The van der Waals surface area contributed by atoms with Gasteiger partial charge in [0.05, 0.1) is 6.54 Å². The van der Waals surface area contributed by atoms with Crippen LogP contribution in [0.1, 0.15) is 5.56 Å². The smallest absolute Gasteiger partial charge is 0.181 e. The van der Waals surface area contributed by atoms with E-state index in [4.69, 9.17) is 0 Å². The first-order valence-electron chi connectivity index (χ1n) is 5.20. The molecule has 2 aromatic heterocycles. The minimum Gasteiger partial charge on any atom is -0.857 e. The van der Waals surface area contributed by atoms with Crippen LogP contribution >= 0.6 is 0 Å². The SMILES string of the molecule is [O-]c1ncnc2c1nnn2Cc1ccccc1F. The van der Waals surface area contributed by atoms with Crippen molar-refractivity contribution in [3.8, 4) is 5.88 Å². The first-order valence-corrected chi connectivity index (χ1v) is 5.20. The number of aromatic nitrogens is 5. The van der Waals surface area contributed by atoms with Crippen molar-refractivity contribution in [2.24, 2.45) is 0 Å². The number of benzene rings is 1. The Labute approximate surface area is 101 Å². The van der Waals surface area contributed by atoms with Gasteiger partial charge in [-0.15, -0.1) is 5.10 Å². The Morgan fingerprint density at radius 3 is 2.89 bits per heavy atom.